The Labute approximate surface area is 95.9 Å². The van der Waals surface area contributed by atoms with Gasteiger partial charge in [-0.05, 0) is 46.6 Å². The molecule has 0 N–H and O–H groups in total. The largest absolute Gasteiger partial charge is 0.298 e. The molecule has 0 aliphatic rings. The SMILES string of the molecule is Cc1cnn(-c2ccc(C=O)c(Br)c2)c1. The van der Waals surface area contributed by atoms with Crippen LogP contribution in [0.4, 0.5) is 0 Å². The van der Waals surface area contributed by atoms with Crippen molar-refractivity contribution in [2.24, 2.45) is 0 Å². The molecule has 0 spiro atoms. The highest BCUT2D eigenvalue weighted by Crippen LogP contribution is 2.19. The number of halogens is 1. The van der Waals surface area contributed by atoms with Gasteiger partial charge >= 0.3 is 0 Å². The number of aryl methyl sites for hydroxylation is 1. The zero-order valence-corrected chi connectivity index (χ0v) is 9.73. The smallest absolute Gasteiger partial charge is 0.151 e. The maximum absolute atomic E-state index is 10.6. The van der Waals surface area contributed by atoms with E-state index in [4.69, 9.17) is 0 Å². The molecule has 0 atom stereocenters. The summed E-state index contributed by atoms with van der Waals surface area (Å²) in [6.45, 7) is 1.98. The lowest BCUT2D eigenvalue weighted by atomic mass is 10.2. The Kier molecular flexibility index (Phi) is 2.68. The van der Waals surface area contributed by atoms with E-state index in [1.807, 2.05) is 25.3 Å². The maximum atomic E-state index is 10.6. The summed E-state index contributed by atoms with van der Waals surface area (Å²) in [7, 11) is 0. The van der Waals surface area contributed by atoms with Crippen LogP contribution in [0.25, 0.3) is 5.69 Å². The second kappa shape index (κ2) is 3.98. The highest BCUT2D eigenvalue weighted by Gasteiger charge is 2.02. The van der Waals surface area contributed by atoms with Crippen LogP contribution in [0.3, 0.4) is 0 Å². The van der Waals surface area contributed by atoms with E-state index in [2.05, 4.69) is 21.0 Å². The zero-order chi connectivity index (χ0) is 10.8. The van der Waals surface area contributed by atoms with Crippen molar-refractivity contribution in [1.29, 1.82) is 0 Å². The Morgan fingerprint density at radius 2 is 2.27 bits per heavy atom. The first-order valence-corrected chi connectivity index (χ1v) is 5.26. The molecular formula is C11H9BrN2O. The second-order valence-corrected chi connectivity index (χ2v) is 4.14. The van der Waals surface area contributed by atoms with E-state index in [0.29, 0.717) is 5.56 Å². The lowest BCUT2D eigenvalue weighted by Gasteiger charge is -2.03. The van der Waals surface area contributed by atoms with Gasteiger partial charge in [-0.15, -0.1) is 0 Å². The number of aromatic nitrogens is 2. The van der Waals surface area contributed by atoms with Crippen molar-refractivity contribution in [3.63, 3.8) is 0 Å². The molecule has 0 aliphatic heterocycles. The number of benzene rings is 1. The molecule has 4 heteroatoms. The van der Waals surface area contributed by atoms with Crippen LogP contribution >= 0.6 is 15.9 Å². The van der Waals surface area contributed by atoms with Crippen LogP contribution in [0, 0.1) is 6.92 Å². The van der Waals surface area contributed by atoms with Crippen molar-refractivity contribution in [2.75, 3.05) is 0 Å². The van der Waals surface area contributed by atoms with Crippen molar-refractivity contribution in [2.45, 2.75) is 6.92 Å². The minimum atomic E-state index is 0.641. The number of hydrogen-bond donors (Lipinski definition) is 0. The first kappa shape index (κ1) is 10.1. The van der Waals surface area contributed by atoms with Crippen LogP contribution < -0.4 is 0 Å². The lowest BCUT2D eigenvalue weighted by Crippen LogP contribution is -1.95. The molecule has 15 heavy (non-hydrogen) atoms. The molecule has 0 amide bonds. The van der Waals surface area contributed by atoms with E-state index in [1.165, 1.54) is 0 Å². The van der Waals surface area contributed by atoms with Crippen molar-refractivity contribution in [3.8, 4) is 5.69 Å². The van der Waals surface area contributed by atoms with Gasteiger partial charge in [-0.25, -0.2) is 4.68 Å². The standard InChI is InChI=1S/C11H9BrN2O/c1-8-5-13-14(6-8)10-3-2-9(7-15)11(12)4-10/h2-7H,1H3. The first-order valence-electron chi connectivity index (χ1n) is 4.47. The molecule has 0 radical (unpaired) electrons. The fourth-order valence-corrected chi connectivity index (χ4v) is 1.77. The number of carbonyl (C=O) groups excluding carboxylic acids is 1. The quantitative estimate of drug-likeness (QED) is 0.782. The first-order chi connectivity index (χ1) is 7.20. The third-order valence-electron chi connectivity index (χ3n) is 2.09. The molecule has 3 nitrogen and oxygen atoms in total. The molecule has 2 aromatic rings. The molecule has 1 aromatic heterocycles. The summed E-state index contributed by atoms with van der Waals surface area (Å²) >= 11 is 3.34. The highest BCUT2D eigenvalue weighted by atomic mass is 79.9. The molecule has 1 heterocycles. The predicted octanol–water partition coefficient (Wildman–Crippen LogP) is 2.76. The molecular weight excluding hydrogens is 256 g/mol. The Hall–Kier alpha value is -1.42. The van der Waals surface area contributed by atoms with Crippen LogP contribution in [0.15, 0.2) is 35.1 Å². The van der Waals surface area contributed by atoms with Crippen molar-refractivity contribution in [1.82, 2.24) is 9.78 Å². The van der Waals surface area contributed by atoms with Crippen LogP contribution in [0.1, 0.15) is 15.9 Å². The molecule has 2 rings (SSSR count). The molecule has 1 aromatic carbocycles. The molecule has 0 fully saturated rings. The summed E-state index contributed by atoms with van der Waals surface area (Å²) in [6, 6.07) is 5.50. The average Bonchev–Trinajstić information content (AvgIpc) is 2.65. The number of hydrogen-bond acceptors (Lipinski definition) is 2. The normalized spacial score (nSPS) is 10.3. The van der Waals surface area contributed by atoms with Gasteiger partial charge in [0.25, 0.3) is 0 Å². The molecule has 0 bridgehead atoms. The molecule has 0 saturated carbocycles. The van der Waals surface area contributed by atoms with Crippen LogP contribution in [0.5, 0.6) is 0 Å². The van der Waals surface area contributed by atoms with Crippen LogP contribution in [-0.2, 0) is 0 Å². The van der Waals surface area contributed by atoms with Gasteiger partial charge in [0.05, 0.1) is 11.9 Å². The summed E-state index contributed by atoms with van der Waals surface area (Å²) in [6.07, 6.45) is 4.55. The van der Waals surface area contributed by atoms with Crippen molar-refractivity contribution in [3.05, 3.63) is 46.2 Å². The van der Waals surface area contributed by atoms with Gasteiger partial charge in [-0.2, -0.15) is 5.10 Å². The van der Waals surface area contributed by atoms with Gasteiger partial charge in [-0.1, -0.05) is 0 Å². The van der Waals surface area contributed by atoms with Gasteiger partial charge in [0.1, 0.15) is 0 Å². The van der Waals surface area contributed by atoms with E-state index in [1.54, 1.807) is 16.9 Å². The fourth-order valence-electron chi connectivity index (χ4n) is 1.31. The van der Waals surface area contributed by atoms with Crippen LogP contribution in [-0.4, -0.2) is 16.1 Å². The van der Waals surface area contributed by atoms with Gasteiger partial charge in [0, 0.05) is 16.2 Å². The highest BCUT2D eigenvalue weighted by molar-refractivity contribution is 9.10. The molecule has 76 valence electrons. The predicted molar refractivity (Wildman–Crippen MR) is 61.4 cm³/mol. The van der Waals surface area contributed by atoms with E-state index in [9.17, 15) is 4.79 Å². The minimum Gasteiger partial charge on any atom is -0.298 e. The Balaban J connectivity index is 2.46. The van der Waals surface area contributed by atoms with E-state index >= 15 is 0 Å². The number of rotatable bonds is 2. The van der Waals surface area contributed by atoms with E-state index in [0.717, 1.165) is 22.0 Å². The monoisotopic (exact) mass is 264 g/mol. The summed E-state index contributed by atoms with van der Waals surface area (Å²) in [5.74, 6) is 0. The molecule has 0 saturated heterocycles. The van der Waals surface area contributed by atoms with Crippen LogP contribution in [0.2, 0.25) is 0 Å². The van der Waals surface area contributed by atoms with Gasteiger partial charge in [0.15, 0.2) is 6.29 Å². The van der Waals surface area contributed by atoms with Crippen molar-refractivity contribution >= 4 is 22.2 Å². The summed E-state index contributed by atoms with van der Waals surface area (Å²) in [5, 5.41) is 4.19. The lowest BCUT2D eigenvalue weighted by molar-refractivity contribution is 0.112. The molecule has 0 unspecified atom stereocenters. The molecule has 0 aliphatic carbocycles. The third kappa shape index (κ3) is 1.99. The Morgan fingerprint density at radius 3 is 2.80 bits per heavy atom. The topological polar surface area (TPSA) is 34.9 Å². The Morgan fingerprint density at radius 1 is 1.47 bits per heavy atom. The average molecular weight is 265 g/mol. The van der Waals surface area contributed by atoms with Gasteiger partial charge < -0.3 is 0 Å². The fraction of sp³-hybridized carbons (Fsp3) is 0.0909. The second-order valence-electron chi connectivity index (χ2n) is 3.29. The maximum Gasteiger partial charge on any atom is 0.151 e. The Bertz CT molecular complexity index is 505. The number of carbonyl (C=O) groups is 1. The number of nitrogens with zero attached hydrogens (tertiary/aromatic N) is 2. The van der Waals surface area contributed by atoms with Crippen molar-refractivity contribution < 1.29 is 4.79 Å². The van der Waals surface area contributed by atoms with E-state index in [-0.39, 0.29) is 0 Å². The van der Waals surface area contributed by atoms with Gasteiger partial charge in [-0.3, -0.25) is 4.79 Å². The summed E-state index contributed by atoms with van der Waals surface area (Å²) in [5.41, 5.74) is 2.67. The van der Waals surface area contributed by atoms with E-state index < -0.39 is 0 Å². The zero-order valence-electron chi connectivity index (χ0n) is 8.14. The third-order valence-corrected chi connectivity index (χ3v) is 2.77. The summed E-state index contributed by atoms with van der Waals surface area (Å²) < 4.78 is 2.55. The minimum absolute atomic E-state index is 0.641. The number of aldehydes is 1. The summed E-state index contributed by atoms with van der Waals surface area (Å²) in [4.78, 5) is 10.6. The van der Waals surface area contributed by atoms with Gasteiger partial charge in [0.2, 0.25) is 0 Å².